The van der Waals surface area contributed by atoms with Gasteiger partial charge in [-0.25, -0.2) is 9.97 Å². The predicted octanol–water partition coefficient (Wildman–Crippen LogP) is 1.60. The van der Waals surface area contributed by atoms with E-state index in [9.17, 15) is 4.79 Å². The Bertz CT molecular complexity index is 815. The molecule has 0 bridgehead atoms. The largest absolute Gasteiger partial charge is 0.370 e. The number of hydrogen-bond donors (Lipinski definition) is 2. The van der Waals surface area contributed by atoms with Gasteiger partial charge in [0.25, 0.3) is 5.91 Å². The van der Waals surface area contributed by atoms with Gasteiger partial charge in [-0.1, -0.05) is 6.07 Å². The maximum atomic E-state index is 12.2. The van der Waals surface area contributed by atoms with Crippen LogP contribution in [0.5, 0.6) is 0 Å². The van der Waals surface area contributed by atoms with Gasteiger partial charge in [-0.05, 0) is 37.1 Å². The number of carbonyl (C=O) groups is 1. The van der Waals surface area contributed by atoms with E-state index in [4.69, 9.17) is 0 Å². The molecule has 8 heteroatoms. The molecule has 0 unspecified atom stereocenters. The molecule has 25 heavy (non-hydrogen) atoms. The number of nitrogens with zero attached hydrogens (tertiary/aromatic N) is 5. The van der Waals surface area contributed by atoms with Crippen molar-refractivity contribution in [3.63, 3.8) is 0 Å². The molecule has 3 heterocycles. The molecule has 0 saturated carbocycles. The topological polar surface area (TPSA) is 97.6 Å². The summed E-state index contributed by atoms with van der Waals surface area (Å²) in [7, 11) is 0. The van der Waals surface area contributed by atoms with Gasteiger partial charge in [-0.15, -0.1) is 10.2 Å². The molecule has 2 N–H and O–H groups in total. The van der Waals surface area contributed by atoms with E-state index in [2.05, 4.69) is 30.8 Å². The Hall–Kier alpha value is -3.29. The van der Waals surface area contributed by atoms with E-state index in [-0.39, 0.29) is 5.91 Å². The van der Waals surface area contributed by atoms with E-state index < -0.39 is 0 Å². The first kappa shape index (κ1) is 16.6. The van der Waals surface area contributed by atoms with Crippen molar-refractivity contribution < 1.29 is 4.79 Å². The van der Waals surface area contributed by atoms with Crippen LogP contribution in [0.25, 0.3) is 5.82 Å². The second-order valence-electron chi connectivity index (χ2n) is 5.53. The average molecular weight is 337 g/mol. The number of amides is 1. The summed E-state index contributed by atoms with van der Waals surface area (Å²) in [5.74, 6) is 1.31. The van der Waals surface area contributed by atoms with Crippen LogP contribution < -0.4 is 10.6 Å². The van der Waals surface area contributed by atoms with Crippen LogP contribution in [-0.4, -0.2) is 43.7 Å². The zero-order valence-electron chi connectivity index (χ0n) is 13.9. The van der Waals surface area contributed by atoms with Gasteiger partial charge in [0.05, 0.1) is 0 Å². The highest BCUT2D eigenvalue weighted by Crippen LogP contribution is 2.06. The number of nitrogens with one attached hydrogen (secondary N) is 2. The molecule has 3 aromatic heterocycles. The summed E-state index contributed by atoms with van der Waals surface area (Å²) in [4.78, 5) is 20.7. The summed E-state index contributed by atoms with van der Waals surface area (Å²) in [6.07, 6.45) is 7.28. The van der Waals surface area contributed by atoms with E-state index >= 15 is 0 Å². The lowest BCUT2D eigenvalue weighted by Gasteiger charge is -2.08. The van der Waals surface area contributed by atoms with Crippen LogP contribution in [0.4, 0.5) is 5.82 Å². The van der Waals surface area contributed by atoms with Gasteiger partial charge in [0.1, 0.15) is 24.3 Å². The van der Waals surface area contributed by atoms with Gasteiger partial charge >= 0.3 is 0 Å². The second kappa shape index (κ2) is 8.00. The third-order valence-electron chi connectivity index (χ3n) is 3.55. The van der Waals surface area contributed by atoms with Crippen molar-refractivity contribution >= 4 is 11.7 Å². The lowest BCUT2D eigenvalue weighted by atomic mass is 10.2. The third kappa shape index (κ3) is 4.60. The van der Waals surface area contributed by atoms with Crippen molar-refractivity contribution in [3.05, 3.63) is 60.4 Å². The molecule has 128 valence electrons. The Balaban J connectivity index is 1.45. The minimum atomic E-state index is -0.134. The smallest absolute Gasteiger partial charge is 0.251 e. The van der Waals surface area contributed by atoms with Crippen LogP contribution in [0.3, 0.4) is 0 Å². The maximum Gasteiger partial charge on any atom is 0.251 e. The fourth-order valence-electron chi connectivity index (χ4n) is 2.20. The highest BCUT2D eigenvalue weighted by molar-refractivity contribution is 5.94. The summed E-state index contributed by atoms with van der Waals surface area (Å²) in [5, 5.41) is 13.6. The van der Waals surface area contributed by atoms with E-state index in [1.165, 1.54) is 12.7 Å². The van der Waals surface area contributed by atoms with E-state index in [1.54, 1.807) is 22.9 Å². The second-order valence-corrected chi connectivity index (χ2v) is 5.53. The molecular weight excluding hydrogens is 318 g/mol. The highest BCUT2D eigenvalue weighted by atomic mass is 16.1. The first-order valence-corrected chi connectivity index (χ1v) is 7.98. The molecule has 0 aliphatic carbocycles. The lowest BCUT2D eigenvalue weighted by molar-refractivity contribution is 0.0953. The first-order valence-electron chi connectivity index (χ1n) is 7.98. The predicted molar refractivity (Wildman–Crippen MR) is 93.6 cm³/mol. The van der Waals surface area contributed by atoms with Crippen molar-refractivity contribution in [1.82, 2.24) is 30.0 Å². The number of hydrogen-bond acceptors (Lipinski definition) is 6. The molecule has 0 radical (unpaired) electrons. The fraction of sp³-hybridized carbons (Fsp3) is 0.235. The monoisotopic (exact) mass is 337 g/mol. The van der Waals surface area contributed by atoms with Crippen LogP contribution >= 0.6 is 0 Å². The first-order chi connectivity index (χ1) is 12.2. The molecule has 0 atom stereocenters. The zero-order valence-corrected chi connectivity index (χ0v) is 13.9. The standard InChI is InChI=1S/C17H19N7O/c1-13-3-4-15(21-10-13)18-6-2-7-20-17(25)14-5-8-19-16(9-14)24-11-22-23-12-24/h3-5,8-12H,2,6-7H2,1H3,(H,18,21)(H,20,25). The summed E-state index contributed by atoms with van der Waals surface area (Å²) < 4.78 is 1.65. The Morgan fingerprint density at radius 2 is 1.96 bits per heavy atom. The van der Waals surface area contributed by atoms with Gasteiger partial charge in [0.15, 0.2) is 0 Å². The van der Waals surface area contributed by atoms with E-state index in [1.807, 2.05) is 25.3 Å². The minimum Gasteiger partial charge on any atom is -0.370 e. The third-order valence-corrected chi connectivity index (χ3v) is 3.55. The Labute approximate surface area is 145 Å². The van der Waals surface area contributed by atoms with E-state index in [0.717, 1.165) is 24.3 Å². The Morgan fingerprint density at radius 3 is 2.72 bits per heavy atom. The van der Waals surface area contributed by atoms with Crippen molar-refractivity contribution in [2.24, 2.45) is 0 Å². The molecule has 0 saturated heterocycles. The van der Waals surface area contributed by atoms with E-state index in [0.29, 0.717) is 17.9 Å². The van der Waals surface area contributed by atoms with Gasteiger partial charge in [-0.2, -0.15) is 0 Å². The minimum absolute atomic E-state index is 0.134. The van der Waals surface area contributed by atoms with Crippen LogP contribution in [0, 0.1) is 6.92 Å². The number of anilines is 1. The number of aromatic nitrogens is 5. The molecule has 8 nitrogen and oxygen atoms in total. The lowest BCUT2D eigenvalue weighted by Crippen LogP contribution is -2.26. The maximum absolute atomic E-state index is 12.2. The molecular formula is C17H19N7O. The van der Waals surface area contributed by atoms with Gasteiger partial charge < -0.3 is 10.6 Å². The Kier molecular flexibility index (Phi) is 5.30. The van der Waals surface area contributed by atoms with Crippen LogP contribution in [0.2, 0.25) is 0 Å². The van der Waals surface area contributed by atoms with Gasteiger partial charge in [-0.3, -0.25) is 9.36 Å². The number of rotatable bonds is 7. The van der Waals surface area contributed by atoms with Crippen molar-refractivity contribution in [2.75, 3.05) is 18.4 Å². The van der Waals surface area contributed by atoms with Crippen LogP contribution in [0.15, 0.2) is 49.3 Å². The normalized spacial score (nSPS) is 10.4. The highest BCUT2D eigenvalue weighted by Gasteiger charge is 2.07. The summed E-state index contributed by atoms with van der Waals surface area (Å²) >= 11 is 0. The molecule has 1 amide bonds. The molecule has 0 fully saturated rings. The molecule has 3 aromatic rings. The van der Waals surface area contributed by atoms with Gasteiger partial charge in [0, 0.05) is 31.0 Å². The average Bonchev–Trinajstić information content (AvgIpc) is 3.18. The number of pyridine rings is 2. The SMILES string of the molecule is Cc1ccc(NCCCNC(=O)c2ccnc(-n3cnnc3)c2)nc1. The molecule has 0 aromatic carbocycles. The van der Waals surface area contributed by atoms with Crippen LogP contribution in [-0.2, 0) is 0 Å². The molecule has 0 aliphatic rings. The molecule has 0 spiro atoms. The fourth-order valence-corrected chi connectivity index (χ4v) is 2.20. The summed E-state index contributed by atoms with van der Waals surface area (Å²) in [5.41, 5.74) is 1.67. The van der Waals surface area contributed by atoms with Crippen molar-refractivity contribution in [3.8, 4) is 5.82 Å². The molecule has 3 rings (SSSR count). The summed E-state index contributed by atoms with van der Waals surface area (Å²) in [6.45, 7) is 3.31. The summed E-state index contributed by atoms with van der Waals surface area (Å²) in [6, 6.07) is 7.33. The van der Waals surface area contributed by atoms with Gasteiger partial charge in [0.2, 0.25) is 0 Å². The number of carbonyl (C=O) groups excluding carboxylic acids is 1. The Morgan fingerprint density at radius 1 is 1.12 bits per heavy atom. The quantitative estimate of drug-likeness (QED) is 0.636. The zero-order chi connectivity index (χ0) is 17.5. The van der Waals surface area contributed by atoms with Crippen LogP contribution in [0.1, 0.15) is 22.3 Å². The molecule has 0 aliphatic heterocycles. The van der Waals surface area contributed by atoms with Crippen molar-refractivity contribution in [1.29, 1.82) is 0 Å². The van der Waals surface area contributed by atoms with Crippen molar-refractivity contribution in [2.45, 2.75) is 13.3 Å². The number of aryl methyl sites for hydroxylation is 1.